The van der Waals surface area contributed by atoms with Crippen molar-refractivity contribution in [3.05, 3.63) is 0 Å². The minimum absolute atomic E-state index is 0.372. The van der Waals surface area contributed by atoms with Gasteiger partial charge in [-0.05, 0) is 0 Å². The topological polar surface area (TPSA) is 108 Å². The lowest BCUT2D eigenvalue weighted by atomic mass is 10.0. The molecule has 20 heavy (non-hydrogen) atoms. The Morgan fingerprint density at radius 3 is 1.30 bits per heavy atom. The van der Waals surface area contributed by atoms with Crippen LogP contribution in [0.3, 0.4) is 0 Å². The average Bonchev–Trinajstić information content (AvgIpc) is 2.24. The van der Waals surface area contributed by atoms with Crippen molar-refractivity contribution in [3.63, 3.8) is 0 Å². The van der Waals surface area contributed by atoms with Crippen LogP contribution in [0.1, 0.15) is 12.8 Å². The van der Waals surface area contributed by atoms with Crippen LogP contribution in [0.5, 0.6) is 0 Å². The molecule has 0 radical (unpaired) electrons. The molecule has 2 rings (SSSR count). The Morgan fingerprint density at radius 2 is 1.00 bits per heavy atom. The second-order valence-electron chi connectivity index (χ2n) is 6.18. The van der Waals surface area contributed by atoms with Gasteiger partial charge in [0.2, 0.25) is 0 Å². The van der Waals surface area contributed by atoms with Crippen LogP contribution in [-0.4, -0.2) is 105 Å². The predicted molar refractivity (Wildman–Crippen MR) is 72.1 cm³/mol. The molecular weight excluding hydrogens is 264 g/mol. The Morgan fingerprint density at radius 1 is 0.700 bits per heavy atom. The maximum absolute atomic E-state index is 10.1. The summed E-state index contributed by atoms with van der Waals surface area (Å²) in [5, 5.41) is 48.5. The van der Waals surface area contributed by atoms with Crippen LogP contribution < -0.4 is 0 Å². The van der Waals surface area contributed by atoms with Crippen LogP contribution >= 0.6 is 0 Å². The maximum Gasteiger partial charge on any atom is 0.0793 e. The highest BCUT2D eigenvalue weighted by atomic mass is 16.3. The van der Waals surface area contributed by atoms with E-state index in [0.717, 1.165) is 0 Å². The standard InChI is InChI=1S/C13H26N2O5/c16-9-1-10(17)4-14(3-9)7-13(20)8-15-5-11(18)2-12(19)6-15/h9-13,16-20H,1-8H2. The molecule has 4 atom stereocenters. The van der Waals surface area contributed by atoms with Gasteiger partial charge in [-0.3, -0.25) is 9.80 Å². The van der Waals surface area contributed by atoms with Crippen LogP contribution in [0.4, 0.5) is 0 Å². The number of hydrogen-bond acceptors (Lipinski definition) is 7. The number of piperidine rings is 2. The Kier molecular flexibility index (Phi) is 5.74. The van der Waals surface area contributed by atoms with Crippen LogP contribution in [0.25, 0.3) is 0 Å². The molecule has 2 aliphatic rings. The fourth-order valence-electron chi connectivity index (χ4n) is 3.22. The van der Waals surface area contributed by atoms with Gasteiger partial charge in [-0.1, -0.05) is 0 Å². The highest BCUT2D eigenvalue weighted by Crippen LogP contribution is 2.13. The van der Waals surface area contributed by atoms with Crippen molar-refractivity contribution >= 4 is 0 Å². The third kappa shape index (κ3) is 4.92. The van der Waals surface area contributed by atoms with E-state index in [2.05, 4.69) is 0 Å². The van der Waals surface area contributed by atoms with Gasteiger partial charge in [0.1, 0.15) is 0 Å². The van der Waals surface area contributed by atoms with Crippen molar-refractivity contribution in [2.24, 2.45) is 0 Å². The van der Waals surface area contributed by atoms with E-state index in [1.807, 2.05) is 9.80 Å². The van der Waals surface area contributed by atoms with Crippen LogP contribution in [-0.2, 0) is 0 Å². The van der Waals surface area contributed by atoms with Gasteiger partial charge < -0.3 is 25.5 Å². The number of nitrogens with zero attached hydrogens (tertiary/aromatic N) is 2. The second kappa shape index (κ2) is 7.13. The predicted octanol–water partition coefficient (Wildman–Crippen LogP) is -2.80. The normalized spacial score (nSPS) is 38.9. The molecule has 0 aromatic heterocycles. The first-order valence-corrected chi connectivity index (χ1v) is 7.27. The Labute approximate surface area is 119 Å². The van der Waals surface area contributed by atoms with Gasteiger partial charge in [0.15, 0.2) is 0 Å². The average molecular weight is 290 g/mol. The molecule has 2 fully saturated rings. The summed E-state index contributed by atoms with van der Waals surface area (Å²) in [5.74, 6) is 0. The number of likely N-dealkylation sites (tertiary alicyclic amines) is 2. The smallest absolute Gasteiger partial charge is 0.0793 e. The number of hydrogen-bond donors (Lipinski definition) is 5. The van der Waals surface area contributed by atoms with Crippen LogP contribution in [0.15, 0.2) is 0 Å². The zero-order valence-electron chi connectivity index (χ0n) is 11.7. The largest absolute Gasteiger partial charge is 0.392 e. The Bertz CT molecular complexity index is 258. The summed E-state index contributed by atoms with van der Waals surface area (Å²) < 4.78 is 0. The summed E-state index contributed by atoms with van der Waals surface area (Å²) >= 11 is 0. The summed E-state index contributed by atoms with van der Waals surface area (Å²) in [6.07, 6.45) is -2.07. The molecule has 0 aromatic rings. The van der Waals surface area contributed by atoms with Crippen molar-refractivity contribution in [1.29, 1.82) is 0 Å². The number of aliphatic hydroxyl groups is 5. The monoisotopic (exact) mass is 290 g/mol. The molecule has 7 heteroatoms. The van der Waals surface area contributed by atoms with Gasteiger partial charge in [0, 0.05) is 52.1 Å². The quantitative estimate of drug-likeness (QED) is 0.381. The van der Waals surface area contributed by atoms with E-state index in [1.54, 1.807) is 0 Å². The minimum atomic E-state index is -0.634. The summed E-state index contributed by atoms with van der Waals surface area (Å²) in [5.41, 5.74) is 0. The first-order valence-electron chi connectivity index (χ1n) is 7.27. The lowest BCUT2D eigenvalue weighted by molar-refractivity contribution is -0.0426. The molecule has 2 saturated heterocycles. The molecule has 7 nitrogen and oxygen atoms in total. The van der Waals surface area contributed by atoms with E-state index < -0.39 is 30.5 Å². The second-order valence-corrected chi connectivity index (χ2v) is 6.18. The van der Waals surface area contributed by atoms with E-state index in [-0.39, 0.29) is 0 Å². The lowest BCUT2D eigenvalue weighted by Crippen LogP contribution is -2.52. The molecule has 0 aliphatic carbocycles. The summed E-state index contributed by atoms with van der Waals surface area (Å²) in [4.78, 5) is 3.70. The van der Waals surface area contributed by atoms with E-state index in [1.165, 1.54) is 0 Å². The third-order valence-corrected chi connectivity index (χ3v) is 3.90. The first kappa shape index (κ1) is 16.1. The third-order valence-electron chi connectivity index (χ3n) is 3.90. The molecule has 5 N–H and O–H groups in total. The highest BCUT2D eigenvalue weighted by Gasteiger charge is 2.28. The van der Waals surface area contributed by atoms with E-state index in [0.29, 0.717) is 52.1 Å². The summed E-state index contributed by atoms with van der Waals surface area (Å²) in [6.45, 7) is 2.57. The Hall–Kier alpha value is -0.280. The number of rotatable bonds is 4. The molecule has 0 saturated carbocycles. The van der Waals surface area contributed by atoms with Crippen LogP contribution in [0, 0.1) is 0 Å². The van der Waals surface area contributed by atoms with Crippen molar-refractivity contribution in [1.82, 2.24) is 9.80 Å². The zero-order chi connectivity index (χ0) is 14.7. The van der Waals surface area contributed by atoms with E-state index in [9.17, 15) is 25.5 Å². The zero-order valence-corrected chi connectivity index (χ0v) is 11.7. The summed E-state index contributed by atoms with van der Waals surface area (Å²) in [7, 11) is 0. The van der Waals surface area contributed by atoms with Crippen LogP contribution in [0.2, 0.25) is 0 Å². The van der Waals surface area contributed by atoms with E-state index in [4.69, 9.17) is 0 Å². The Balaban J connectivity index is 1.75. The minimum Gasteiger partial charge on any atom is -0.392 e. The molecule has 0 aromatic carbocycles. The van der Waals surface area contributed by atoms with E-state index >= 15 is 0 Å². The number of β-amino-alcohol motifs (C(OH)–C–C–N with tert-alkyl or cyclic N) is 5. The lowest BCUT2D eigenvalue weighted by Gasteiger charge is -2.37. The number of aliphatic hydroxyl groups excluding tert-OH is 5. The molecule has 2 heterocycles. The highest BCUT2D eigenvalue weighted by molar-refractivity contribution is 4.83. The fraction of sp³-hybridized carbons (Fsp3) is 1.00. The SMILES string of the molecule is OC1CC(O)CN(CC(O)CN2CC(O)CC(O)C2)C1. The first-order chi connectivity index (χ1) is 9.42. The van der Waals surface area contributed by atoms with Gasteiger partial charge in [-0.25, -0.2) is 0 Å². The van der Waals surface area contributed by atoms with Gasteiger partial charge in [0.25, 0.3) is 0 Å². The maximum atomic E-state index is 10.1. The van der Waals surface area contributed by atoms with Crippen molar-refractivity contribution in [3.8, 4) is 0 Å². The van der Waals surface area contributed by atoms with Gasteiger partial charge in [0.05, 0.1) is 30.5 Å². The summed E-state index contributed by atoms with van der Waals surface area (Å²) in [6, 6.07) is 0. The molecule has 0 bridgehead atoms. The van der Waals surface area contributed by atoms with Crippen molar-refractivity contribution in [2.75, 3.05) is 39.3 Å². The molecule has 2 aliphatic heterocycles. The van der Waals surface area contributed by atoms with Crippen molar-refractivity contribution < 1.29 is 25.5 Å². The van der Waals surface area contributed by atoms with Gasteiger partial charge in [-0.15, -0.1) is 0 Å². The molecule has 4 unspecified atom stereocenters. The van der Waals surface area contributed by atoms with Crippen molar-refractivity contribution in [2.45, 2.75) is 43.4 Å². The molecule has 0 amide bonds. The molecule has 0 spiro atoms. The molecular formula is C13H26N2O5. The fourth-order valence-corrected chi connectivity index (χ4v) is 3.22. The van der Waals surface area contributed by atoms with Gasteiger partial charge in [-0.2, -0.15) is 0 Å². The van der Waals surface area contributed by atoms with Gasteiger partial charge >= 0.3 is 0 Å². The molecule has 118 valence electrons.